The number of nitrogens with zero attached hydrogens (tertiary/aromatic N) is 1. The lowest BCUT2D eigenvalue weighted by atomic mass is 10.2. The summed E-state index contributed by atoms with van der Waals surface area (Å²) in [5, 5.41) is 4.08. The highest BCUT2D eigenvalue weighted by Gasteiger charge is 2.15. The van der Waals surface area contributed by atoms with Crippen LogP contribution >= 0.6 is 35.0 Å². The number of likely N-dealkylation sites (tertiary alicyclic amines) is 1. The van der Waals surface area contributed by atoms with Gasteiger partial charge in [0.05, 0.1) is 10.8 Å². The third-order valence-corrected chi connectivity index (χ3v) is 5.58. The van der Waals surface area contributed by atoms with E-state index < -0.39 is 0 Å². The molecule has 1 saturated heterocycles. The molecule has 4 nitrogen and oxygen atoms in total. The molecule has 1 heterocycles. The molecule has 1 fully saturated rings. The number of hydrogen-bond donors (Lipinski definition) is 1. The summed E-state index contributed by atoms with van der Waals surface area (Å²) in [6, 6.07) is 5.20. The SMILES string of the molecule is O=C(CSc1cc(Cl)ccc1Cl)NCCCN1CCCCCC1=O. The quantitative estimate of drug-likeness (QED) is 0.567. The molecule has 7 heteroatoms. The highest BCUT2D eigenvalue weighted by molar-refractivity contribution is 8.00. The number of nitrogens with one attached hydrogen (secondary N) is 1. The van der Waals surface area contributed by atoms with Gasteiger partial charge in [0.2, 0.25) is 11.8 Å². The van der Waals surface area contributed by atoms with Gasteiger partial charge in [-0.2, -0.15) is 0 Å². The number of amides is 2. The van der Waals surface area contributed by atoms with Crippen LogP contribution in [0, 0.1) is 0 Å². The van der Waals surface area contributed by atoms with Crippen molar-refractivity contribution in [1.82, 2.24) is 10.2 Å². The molecule has 2 amide bonds. The number of carbonyl (C=O) groups excluding carboxylic acids is 2. The lowest BCUT2D eigenvalue weighted by molar-refractivity contribution is -0.130. The Bertz CT molecular complexity index is 584. The third-order valence-electron chi connectivity index (χ3n) is 3.85. The van der Waals surface area contributed by atoms with Gasteiger partial charge in [-0.05, 0) is 37.5 Å². The van der Waals surface area contributed by atoms with Crippen molar-refractivity contribution in [2.75, 3.05) is 25.4 Å². The third kappa shape index (κ3) is 6.54. The van der Waals surface area contributed by atoms with Crippen molar-refractivity contribution >= 4 is 46.8 Å². The van der Waals surface area contributed by atoms with Crippen LogP contribution in [0.5, 0.6) is 0 Å². The maximum Gasteiger partial charge on any atom is 0.230 e. The van der Waals surface area contributed by atoms with Crippen LogP contribution in [-0.4, -0.2) is 42.1 Å². The fraction of sp³-hybridized carbons (Fsp3) is 0.529. The van der Waals surface area contributed by atoms with Crippen LogP contribution in [0.3, 0.4) is 0 Å². The van der Waals surface area contributed by atoms with E-state index in [-0.39, 0.29) is 11.8 Å². The van der Waals surface area contributed by atoms with Gasteiger partial charge in [-0.1, -0.05) is 29.6 Å². The first-order chi connectivity index (χ1) is 11.6. The molecule has 1 N–H and O–H groups in total. The van der Waals surface area contributed by atoms with Crippen molar-refractivity contribution in [3.05, 3.63) is 28.2 Å². The fourth-order valence-electron chi connectivity index (χ4n) is 2.55. The minimum Gasteiger partial charge on any atom is -0.355 e. The van der Waals surface area contributed by atoms with Crippen molar-refractivity contribution < 1.29 is 9.59 Å². The molecule has 2 rings (SSSR count). The normalized spacial score (nSPS) is 15.2. The molecule has 1 aromatic rings. The smallest absolute Gasteiger partial charge is 0.230 e. The summed E-state index contributed by atoms with van der Waals surface area (Å²) >= 11 is 13.4. The summed E-state index contributed by atoms with van der Waals surface area (Å²) in [7, 11) is 0. The Labute approximate surface area is 157 Å². The highest BCUT2D eigenvalue weighted by Crippen LogP contribution is 2.29. The highest BCUT2D eigenvalue weighted by atomic mass is 35.5. The Morgan fingerprint density at radius 2 is 2.08 bits per heavy atom. The van der Waals surface area contributed by atoms with Gasteiger partial charge < -0.3 is 10.2 Å². The molecule has 24 heavy (non-hydrogen) atoms. The molecular formula is C17H22Cl2N2O2S. The summed E-state index contributed by atoms with van der Waals surface area (Å²) in [4.78, 5) is 26.5. The zero-order chi connectivity index (χ0) is 17.4. The number of thioether (sulfide) groups is 1. The summed E-state index contributed by atoms with van der Waals surface area (Å²) in [6.07, 6.45) is 4.64. The molecule has 1 aliphatic heterocycles. The largest absolute Gasteiger partial charge is 0.355 e. The summed E-state index contributed by atoms with van der Waals surface area (Å²) in [5.74, 6) is 0.492. The predicted molar refractivity (Wildman–Crippen MR) is 99.9 cm³/mol. The maximum absolute atomic E-state index is 11.9. The van der Waals surface area contributed by atoms with E-state index in [9.17, 15) is 9.59 Å². The maximum atomic E-state index is 11.9. The first-order valence-electron chi connectivity index (χ1n) is 8.18. The van der Waals surface area contributed by atoms with Gasteiger partial charge in [0.1, 0.15) is 0 Å². The lowest BCUT2D eigenvalue weighted by Gasteiger charge is -2.20. The molecule has 0 atom stereocenters. The van der Waals surface area contributed by atoms with Crippen LogP contribution in [0.15, 0.2) is 23.1 Å². The van der Waals surface area contributed by atoms with E-state index in [1.54, 1.807) is 18.2 Å². The summed E-state index contributed by atoms with van der Waals surface area (Å²) in [6.45, 7) is 2.13. The zero-order valence-electron chi connectivity index (χ0n) is 13.5. The Hall–Kier alpha value is -0.910. The first kappa shape index (κ1) is 19.4. The second-order valence-electron chi connectivity index (χ2n) is 5.76. The van der Waals surface area contributed by atoms with Gasteiger partial charge in [0.25, 0.3) is 0 Å². The molecule has 0 unspecified atom stereocenters. The summed E-state index contributed by atoms with van der Waals surface area (Å²) < 4.78 is 0. The minimum atomic E-state index is -0.0433. The molecule has 132 valence electrons. The van der Waals surface area contributed by atoms with Crippen LogP contribution in [0.2, 0.25) is 10.0 Å². The minimum absolute atomic E-state index is 0.0433. The number of rotatable bonds is 7. The second kappa shape index (κ2) is 10.2. The Kier molecular flexibility index (Phi) is 8.22. The molecule has 1 aliphatic rings. The van der Waals surface area contributed by atoms with Crippen LogP contribution in [0.4, 0.5) is 0 Å². The number of halogens is 2. The van der Waals surface area contributed by atoms with Crippen molar-refractivity contribution in [3.63, 3.8) is 0 Å². The van der Waals surface area contributed by atoms with Crippen LogP contribution in [0.1, 0.15) is 32.1 Å². The van der Waals surface area contributed by atoms with E-state index in [1.807, 2.05) is 4.90 Å². The van der Waals surface area contributed by atoms with Crippen LogP contribution in [-0.2, 0) is 9.59 Å². The molecule has 0 aromatic heterocycles. The van der Waals surface area contributed by atoms with Crippen molar-refractivity contribution in [2.45, 2.75) is 37.0 Å². The fourth-order valence-corrected chi connectivity index (χ4v) is 3.88. The topological polar surface area (TPSA) is 49.4 Å². The lowest BCUT2D eigenvalue weighted by Crippen LogP contribution is -2.34. The van der Waals surface area contributed by atoms with E-state index in [2.05, 4.69) is 5.32 Å². The zero-order valence-corrected chi connectivity index (χ0v) is 15.9. The van der Waals surface area contributed by atoms with E-state index in [0.717, 1.165) is 37.1 Å². The van der Waals surface area contributed by atoms with Crippen LogP contribution < -0.4 is 5.32 Å². The summed E-state index contributed by atoms with van der Waals surface area (Å²) in [5.41, 5.74) is 0. The van der Waals surface area contributed by atoms with Crippen molar-refractivity contribution in [2.24, 2.45) is 0 Å². The van der Waals surface area contributed by atoms with E-state index in [0.29, 0.717) is 35.3 Å². The van der Waals surface area contributed by atoms with Gasteiger partial charge in [0.15, 0.2) is 0 Å². The second-order valence-corrected chi connectivity index (χ2v) is 7.62. The molecule has 0 aliphatic carbocycles. The monoisotopic (exact) mass is 388 g/mol. The Balaban J connectivity index is 1.64. The van der Waals surface area contributed by atoms with Crippen molar-refractivity contribution in [1.29, 1.82) is 0 Å². The van der Waals surface area contributed by atoms with Crippen LogP contribution in [0.25, 0.3) is 0 Å². The molecule has 1 aromatic carbocycles. The van der Waals surface area contributed by atoms with E-state index >= 15 is 0 Å². The number of carbonyl (C=O) groups is 2. The molecule has 0 spiro atoms. The number of benzene rings is 1. The average molecular weight is 389 g/mol. The van der Waals surface area contributed by atoms with E-state index in [1.165, 1.54) is 11.8 Å². The van der Waals surface area contributed by atoms with E-state index in [4.69, 9.17) is 23.2 Å². The van der Waals surface area contributed by atoms with Gasteiger partial charge in [-0.15, -0.1) is 11.8 Å². The molecule has 0 bridgehead atoms. The van der Waals surface area contributed by atoms with Crippen molar-refractivity contribution in [3.8, 4) is 0 Å². The van der Waals surface area contributed by atoms with Gasteiger partial charge in [-0.25, -0.2) is 0 Å². The Morgan fingerprint density at radius 1 is 1.25 bits per heavy atom. The predicted octanol–water partition coefficient (Wildman–Crippen LogP) is 3.99. The standard InChI is InChI=1S/C17H22Cl2N2O2S/c18-13-6-7-14(19)15(11-13)24-12-16(22)20-8-4-10-21-9-3-1-2-5-17(21)23/h6-7,11H,1-5,8-10,12H2,(H,20,22). The van der Waals surface area contributed by atoms with Gasteiger partial charge in [0, 0.05) is 36.0 Å². The average Bonchev–Trinajstić information content (AvgIpc) is 2.77. The molecular weight excluding hydrogens is 367 g/mol. The molecule has 0 saturated carbocycles. The molecule has 0 radical (unpaired) electrons. The van der Waals surface area contributed by atoms with Gasteiger partial charge in [-0.3, -0.25) is 9.59 Å². The van der Waals surface area contributed by atoms with Gasteiger partial charge >= 0.3 is 0 Å². The number of hydrogen-bond acceptors (Lipinski definition) is 3. The Morgan fingerprint density at radius 3 is 2.92 bits per heavy atom. The first-order valence-corrected chi connectivity index (χ1v) is 9.93.